The number of para-hydroxylation sites is 1. The predicted molar refractivity (Wildman–Crippen MR) is 155 cm³/mol. The van der Waals surface area contributed by atoms with Crippen molar-refractivity contribution >= 4 is 40.3 Å². The average molecular weight is 546 g/mol. The Hall–Kier alpha value is -3.85. The highest BCUT2D eigenvalue weighted by Crippen LogP contribution is 2.35. The minimum Gasteiger partial charge on any atom is -0.494 e. The first-order chi connectivity index (χ1) is 18.4. The second-order valence-corrected chi connectivity index (χ2v) is 9.97. The highest BCUT2D eigenvalue weighted by Gasteiger charge is 2.29. The number of hydrogen-bond acceptors (Lipinski definition) is 5. The largest absolute Gasteiger partial charge is 0.494 e. The van der Waals surface area contributed by atoms with E-state index in [0.717, 1.165) is 27.9 Å². The molecule has 39 heavy (non-hydrogen) atoms. The maximum absolute atomic E-state index is 13.4. The lowest BCUT2D eigenvalue weighted by Gasteiger charge is -2.34. The molecule has 1 saturated heterocycles. The first-order valence-electron chi connectivity index (χ1n) is 12.8. The van der Waals surface area contributed by atoms with Crippen LogP contribution in [0.5, 0.6) is 5.75 Å². The summed E-state index contributed by atoms with van der Waals surface area (Å²) in [5.74, 6) is 1.23. The van der Waals surface area contributed by atoms with E-state index >= 15 is 0 Å². The molecule has 9 heteroatoms. The molecular weight excluding hydrogens is 514 g/mol. The van der Waals surface area contributed by atoms with E-state index in [-0.39, 0.29) is 18.3 Å². The number of fused-ring (bicyclic) bond motifs is 2. The van der Waals surface area contributed by atoms with Crippen LogP contribution in [0.15, 0.2) is 72.8 Å². The lowest BCUT2D eigenvalue weighted by Crippen LogP contribution is -2.53. The van der Waals surface area contributed by atoms with Crippen LogP contribution in [0.25, 0.3) is 33.5 Å². The van der Waals surface area contributed by atoms with Gasteiger partial charge in [-0.2, -0.15) is 0 Å². The third-order valence-corrected chi connectivity index (χ3v) is 7.53. The third kappa shape index (κ3) is 4.76. The number of aliphatic hydroxyl groups is 1. The smallest absolute Gasteiger partial charge is 0.254 e. The third-order valence-electron chi connectivity index (χ3n) is 7.53. The highest BCUT2D eigenvalue weighted by atomic mass is 35.5. The number of imidazole rings is 1. The van der Waals surface area contributed by atoms with E-state index in [1.54, 1.807) is 18.1 Å². The number of ether oxygens (including phenoxy) is 1. The van der Waals surface area contributed by atoms with E-state index in [4.69, 9.17) is 15.5 Å². The Morgan fingerprint density at radius 2 is 1.85 bits per heavy atom. The van der Waals surface area contributed by atoms with Crippen LogP contribution in [0.4, 0.5) is 0 Å². The highest BCUT2D eigenvalue weighted by molar-refractivity contribution is 6.00. The topological polar surface area (TPSA) is 98.5 Å². The van der Waals surface area contributed by atoms with E-state index in [2.05, 4.69) is 53.1 Å². The molecule has 8 nitrogen and oxygen atoms in total. The van der Waals surface area contributed by atoms with Gasteiger partial charge in [-0.05, 0) is 36.2 Å². The number of aryl methyl sites for hydroxylation is 1. The molecule has 3 heterocycles. The average Bonchev–Trinajstić information content (AvgIpc) is 3.47. The zero-order valence-corrected chi connectivity index (χ0v) is 22.8. The first kappa shape index (κ1) is 26.7. The number of halogens is 1. The number of carbonyl (C=O) groups excluding carboxylic acids is 1. The van der Waals surface area contributed by atoms with Crippen LogP contribution in [0.2, 0.25) is 0 Å². The summed E-state index contributed by atoms with van der Waals surface area (Å²) in [6.45, 7) is 1.48. The Balaban J connectivity index is 0.00000308. The van der Waals surface area contributed by atoms with E-state index in [1.807, 2.05) is 29.8 Å². The van der Waals surface area contributed by atoms with Crippen LogP contribution in [-0.2, 0) is 13.6 Å². The van der Waals surface area contributed by atoms with Crippen LogP contribution < -0.4 is 10.5 Å². The number of rotatable bonds is 5. The number of methoxy groups -OCH3 is 1. The van der Waals surface area contributed by atoms with Crippen LogP contribution in [0.1, 0.15) is 22.3 Å². The zero-order chi connectivity index (χ0) is 26.4. The predicted octanol–water partition coefficient (Wildman–Crippen LogP) is 4.21. The first-order valence-corrected chi connectivity index (χ1v) is 12.8. The second kappa shape index (κ2) is 10.7. The van der Waals surface area contributed by atoms with E-state index in [1.165, 1.54) is 5.56 Å². The van der Waals surface area contributed by atoms with Crippen molar-refractivity contribution < 1.29 is 14.6 Å². The molecule has 0 spiro atoms. The van der Waals surface area contributed by atoms with Crippen LogP contribution in [0.3, 0.4) is 0 Å². The summed E-state index contributed by atoms with van der Waals surface area (Å²) in [6.07, 6.45) is -0.122. The van der Waals surface area contributed by atoms with Gasteiger partial charge in [0.15, 0.2) is 5.82 Å². The fourth-order valence-electron chi connectivity index (χ4n) is 5.49. The number of nitrogens with two attached hydrogens (primary N) is 1. The minimum absolute atomic E-state index is 0. The van der Waals surface area contributed by atoms with Gasteiger partial charge in [0.05, 0.1) is 24.4 Å². The molecule has 1 aliphatic heterocycles. The maximum Gasteiger partial charge on any atom is 0.254 e. The number of benzene rings is 3. The van der Waals surface area contributed by atoms with Crippen molar-refractivity contribution in [2.75, 3.05) is 20.2 Å². The molecular formula is C30H32ClN5O3. The number of piperidine rings is 1. The number of amides is 1. The molecule has 1 aliphatic rings. The van der Waals surface area contributed by atoms with Crippen molar-refractivity contribution in [3.05, 3.63) is 83.9 Å². The van der Waals surface area contributed by atoms with Crippen LogP contribution >= 0.6 is 12.4 Å². The summed E-state index contributed by atoms with van der Waals surface area (Å²) in [4.78, 5) is 20.1. The summed E-state index contributed by atoms with van der Waals surface area (Å²) in [5.41, 5.74) is 11.3. The van der Waals surface area contributed by atoms with Crippen molar-refractivity contribution in [2.45, 2.75) is 25.1 Å². The lowest BCUT2D eigenvalue weighted by molar-refractivity contribution is 0.0459. The standard InChI is InChI=1S/C30H31N5O3.ClH/c1-33-28-23(14-21(16-27(28)38-2)30(37)34-13-12-26(36)22(31)18-34)32-29(33)25-15-20-10-6-7-11-24(20)35(25)17-19-8-4-3-5-9-19;/h3-11,14-16,22,26,36H,12-13,17-18,31H2,1-2H3;1H/t22-,26+;/m0./s1. The van der Waals surface area contributed by atoms with Gasteiger partial charge in [0.25, 0.3) is 5.91 Å². The van der Waals surface area contributed by atoms with Crippen molar-refractivity contribution in [1.29, 1.82) is 0 Å². The molecule has 1 fully saturated rings. The number of likely N-dealkylation sites (tertiary alicyclic amines) is 1. The molecule has 0 saturated carbocycles. The Morgan fingerprint density at radius 3 is 2.59 bits per heavy atom. The number of nitrogens with zero attached hydrogens (tertiary/aromatic N) is 4. The molecule has 5 aromatic rings. The van der Waals surface area contributed by atoms with Crippen molar-refractivity contribution in [3.8, 4) is 17.3 Å². The molecule has 0 unspecified atom stereocenters. The second-order valence-electron chi connectivity index (χ2n) is 9.97. The Kier molecular flexibility index (Phi) is 7.36. The van der Waals surface area contributed by atoms with Gasteiger partial charge in [0.1, 0.15) is 11.3 Å². The summed E-state index contributed by atoms with van der Waals surface area (Å²) in [7, 11) is 3.58. The number of aliphatic hydroxyl groups excluding tert-OH is 1. The molecule has 0 aliphatic carbocycles. The van der Waals surface area contributed by atoms with Crippen molar-refractivity contribution in [2.24, 2.45) is 12.8 Å². The molecule has 0 radical (unpaired) electrons. The van der Waals surface area contributed by atoms with E-state index in [9.17, 15) is 9.90 Å². The number of carbonyl (C=O) groups is 1. The van der Waals surface area contributed by atoms with Crippen molar-refractivity contribution in [1.82, 2.24) is 19.0 Å². The number of hydrogen-bond donors (Lipinski definition) is 2. The van der Waals surface area contributed by atoms with Gasteiger partial charge in [0, 0.05) is 49.2 Å². The van der Waals surface area contributed by atoms with Crippen LogP contribution in [-0.4, -0.2) is 62.4 Å². The summed E-state index contributed by atoms with van der Waals surface area (Å²) in [5, 5.41) is 11.1. The SMILES string of the molecule is COc1cc(C(=O)N2CC[C@@H](O)[C@@H](N)C2)cc2nc(-c3cc4ccccc4n3Cc3ccccc3)n(C)c12.Cl. The normalized spacial score (nSPS) is 17.4. The molecule has 0 bridgehead atoms. The Labute approximate surface area is 233 Å². The molecule has 3 N–H and O–H groups in total. The summed E-state index contributed by atoms with van der Waals surface area (Å²) >= 11 is 0. The van der Waals surface area contributed by atoms with Gasteiger partial charge >= 0.3 is 0 Å². The van der Waals surface area contributed by atoms with Gasteiger partial charge < -0.3 is 29.6 Å². The van der Waals surface area contributed by atoms with Crippen molar-refractivity contribution in [3.63, 3.8) is 0 Å². The quantitative estimate of drug-likeness (QED) is 0.345. The molecule has 2 atom stereocenters. The Morgan fingerprint density at radius 1 is 1.10 bits per heavy atom. The fourth-order valence-corrected chi connectivity index (χ4v) is 5.49. The summed E-state index contributed by atoms with van der Waals surface area (Å²) in [6, 6.07) is 24.0. The van der Waals surface area contributed by atoms with Gasteiger partial charge in [-0.1, -0.05) is 48.5 Å². The van der Waals surface area contributed by atoms with Gasteiger partial charge in [-0.25, -0.2) is 4.98 Å². The minimum atomic E-state index is -0.586. The Bertz CT molecular complexity index is 1650. The van der Waals surface area contributed by atoms with Gasteiger partial charge in [-0.15, -0.1) is 12.4 Å². The monoisotopic (exact) mass is 545 g/mol. The number of aromatic nitrogens is 3. The van der Waals surface area contributed by atoms with E-state index < -0.39 is 12.1 Å². The van der Waals surface area contributed by atoms with Gasteiger partial charge in [0.2, 0.25) is 0 Å². The lowest BCUT2D eigenvalue weighted by atomic mass is 10.0. The molecule has 6 rings (SSSR count). The molecule has 2 aromatic heterocycles. The van der Waals surface area contributed by atoms with Gasteiger partial charge in [-0.3, -0.25) is 4.79 Å². The van der Waals surface area contributed by atoms with Crippen LogP contribution in [0, 0.1) is 0 Å². The molecule has 3 aromatic carbocycles. The molecule has 202 valence electrons. The summed E-state index contributed by atoms with van der Waals surface area (Å²) < 4.78 is 10.1. The van der Waals surface area contributed by atoms with E-state index in [0.29, 0.717) is 42.9 Å². The maximum atomic E-state index is 13.4. The fraction of sp³-hybridized carbons (Fsp3) is 0.267. The zero-order valence-electron chi connectivity index (χ0n) is 21.9. The molecule has 1 amide bonds.